The number of rotatable bonds is 18. The first-order valence-electron chi connectivity index (χ1n) is 12.1. The van der Waals surface area contributed by atoms with Gasteiger partial charge in [0.1, 0.15) is 24.4 Å². The number of hydrogen-bond acceptors (Lipinski definition) is 5. The van der Waals surface area contributed by atoms with Crippen molar-refractivity contribution in [3.05, 3.63) is 12.2 Å². The molecule has 0 aromatic rings. The number of hydrogen-bond donors (Lipinski definition) is 3. The highest BCUT2D eigenvalue weighted by molar-refractivity contribution is 4.87. The van der Waals surface area contributed by atoms with E-state index in [0.717, 1.165) is 12.8 Å². The van der Waals surface area contributed by atoms with Crippen LogP contribution in [-0.2, 0) is 9.47 Å². The average Bonchev–Trinajstić information content (AvgIpc) is 2.72. The van der Waals surface area contributed by atoms with Crippen LogP contribution in [0.25, 0.3) is 0 Å². The summed E-state index contributed by atoms with van der Waals surface area (Å²) in [7, 11) is 0. The zero-order valence-corrected chi connectivity index (χ0v) is 18.6. The standard InChI is InChI=1S/C24H46O5/c1-2-3-4-5-6-7-8-9-10-11-12-13-14-15-16-17-18-28-24-21(26)20-29-22(19-25)23(24)27/h8-9,21-27H,2-7,10-20H2,1H3/b9-8+/t21-,22+,23+,24+/m1/s1. The van der Waals surface area contributed by atoms with Crippen molar-refractivity contribution in [2.75, 3.05) is 19.8 Å². The molecule has 0 unspecified atom stereocenters. The molecule has 172 valence electrons. The lowest BCUT2D eigenvalue weighted by atomic mass is 10.0. The van der Waals surface area contributed by atoms with Gasteiger partial charge in [0, 0.05) is 6.61 Å². The van der Waals surface area contributed by atoms with Crippen molar-refractivity contribution in [3.8, 4) is 0 Å². The second-order valence-electron chi connectivity index (χ2n) is 8.39. The van der Waals surface area contributed by atoms with Crippen LogP contribution in [-0.4, -0.2) is 59.6 Å². The molecule has 5 heteroatoms. The van der Waals surface area contributed by atoms with Crippen LogP contribution in [0.4, 0.5) is 0 Å². The summed E-state index contributed by atoms with van der Waals surface area (Å²) in [6, 6.07) is 0. The first-order chi connectivity index (χ1) is 14.2. The summed E-state index contributed by atoms with van der Waals surface area (Å²) in [5.74, 6) is 0. The quantitative estimate of drug-likeness (QED) is 0.227. The topological polar surface area (TPSA) is 79.2 Å². The zero-order valence-electron chi connectivity index (χ0n) is 18.6. The molecule has 0 aromatic carbocycles. The van der Waals surface area contributed by atoms with Crippen LogP contribution in [0.15, 0.2) is 12.2 Å². The largest absolute Gasteiger partial charge is 0.394 e. The third kappa shape index (κ3) is 12.7. The highest BCUT2D eigenvalue weighted by Gasteiger charge is 2.38. The van der Waals surface area contributed by atoms with Crippen LogP contribution in [0.5, 0.6) is 0 Å². The second kappa shape index (κ2) is 18.3. The fraction of sp³-hybridized carbons (Fsp3) is 0.917. The molecule has 1 fully saturated rings. The second-order valence-corrected chi connectivity index (χ2v) is 8.39. The van der Waals surface area contributed by atoms with Crippen molar-refractivity contribution in [1.29, 1.82) is 0 Å². The molecule has 0 aromatic heterocycles. The van der Waals surface area contributed by atoms with Crippen LogP contribution < -0.4 is 0 Å². The van der Waals surface area contributed by atoms with Crippen LogP contribution in [0.2, 0.25) is 0 Å². The van der Waals surface area contributed by atoms with Gasteiger partial charge >= 0.3 is 0 Å². The van der Waals surface area contributed by atoms with Gasteiger partial charge in [-0.25, -0.2) is 0 Å². The molecule has 0 radical (unpaired) electrons. The SMILES string of the molecule is CCCCCCC/C=C/CCCCCCCCCO[C@@H]1[C@@H](O)[C@H](CO)OC[C@H]1O. The molecule has 5 nitrogen and oxygen atoms in total. The maximum absolute atomic E-state index is 10.1. The maximum atomic E-state index is 10.1. The summed E-state index contributed by atoms with van der Waals surface area (Å²) in [6.07, 6.45) is 19.3. The number of aliphatic hydroxyl groups excluding tert-OH is 3. The maximum Gasteiger partial charge on any atom is 0.114 e. The van der Waals surface area contributed by atoms with Crippen molar-refractivity contribution < 1.29 is 24.8 Å². The van der Waals surface area contributed by atoms with Gasteiger partial charge in [-0.2, -0.15) is 0 Å². The van der Waals surface area contributed by atoms with Gasteiger partial charge in [0.15, 0.2) is 0 Å². The molecule has 1 saturated heterocycles. The van der Waals surface area contributed by atoms with E-state index in [2.05, 4.69) is 19.1 Å². The van der Waals surface area contributed by atoms with Crippen LogP contribution in [0, 0.1) is 0 Å². The number of ether oxygens (including phenoxy) is 2. The number of aliphatic hydroxyl groups is 3. The molecule has 1 aliphatic rings. The smallest absolute Gasteiger partial charge is 0.114 e. The van der Waals surface area contributed by atoms with E-state index >= 15 is 0 Å². The van der Waals surface area contributed by atoms with E-state index in [9.17, 15) is 10.2 Å². The minimum absolute atomic E-state index is 0.0983. The molecule has 0 saturated carbocycles. The predicted molar refractivity (Wildman–Crippen MR) is 118 cm³/mol. The fourth-order valence-corrected chi connectivity index (χ4v) is 3.79. The van der Waals surface area contributed by atoms with Gasteiger partial charge in [-0.05, 0) is 32.1 Å². The zero-order chi connectivity index (χ0) is 21.2. The Bertz CT molecular complexity index is 387. The Morgan fingerprint density at radius 1 is 0.828 bits per heavy atom. The Morgan fingerprint density at radius 2 is 1.38 bits per heavy atom. The van der Waals surface area contributed by atoms with Gasteiger partial charge < -0.3 is 24.8 Å². The summed E-state index contributed by atoms with van der Waals surface area (Å²) in [5, 5.41) is 29.1. The molecular weight excluding hydrogens is 368 g/mol. The third-order valence-electron chi connectivity index (χ3n) is 5.72. The molecule has 1 heterocycles. The summed E-state index contributed by atoms with van der Waals surface area (Å²) in [6.45, 7) is 2.62. The Kier molecular flexibility index (Phi) is 16.8. The molecule has 1 rings (SSSR count). The lowest BCUT2D eigenvalue weighted by molar-refractivity contribution is -0.210. The molecule has 0 bridgehead atoms. The molecule has 0 amide bonds. The van der Waals surface area contributed by atoms with E-state index in [0.29, 0.717) is 6.61 Å². The van der Waals surface area contributed by atoms with Gasteiger partial charge in [-0.15, -0.1) is 0 Å². The molecule has 4 atom stereocenters. The Labute approximate surface area is 178 Å². The van der Waals surface area contributed by atoms with Gasteiger partial charge in [-0.1, -0.05) is 76.9 Å². The van der Waals surface area contributed by atoms with Crippen molar-refractivity contribution in [3.63, 3.8) is 0 Å². The summed E-state index contributed by atoms with van der Waals surface area (Å²) in [4.78, 5) is 0. The van der Waals surface area contributed by atoms with Crippen molar-refractivity contribution in [2.24, 2.45) is 0 Å². The van der Waals surface area contributed by atoms with Crippen molar-refractivity contribution >= 4 is 0 Å². The van der Waals surface area contributed by atoms with Crippen LogP contribution in [0.1, 0.15) is 96.8 Å². The van der Waals surface area contributed by atoms with Gasteiger partial charge in [0.05, 0.1) is 13.2 Å². The lowest BCUT2D eigenvalue weighted by Gasteiger charge is -2.37. The van der Waals surface area contributed by atoms with E-state index in [-0.39, 0.29) is 13.2 Å². The first-order valence-corrected chi connectivity index (χ1v) is 12.1. The molecule has 29 heavy (non-hydrogen) atoms. The monoisotopic (exact) mass is 414 g/mol. The Morgan fingerprint density at radius 3 is 1.97 bits per heavy atom. The van der Waals surface area contributed by atoms with E-state index in [4.69, 9.17) is 14.6 Å². The fourth-order valence-electron chi connectivity index (χ4n) is 3.79. The molecule has 0 aliphatic carbocycles. The number of allylic oxidation sites excluding steroid dienone is 2. The summed E-state index contributed by atoms with van der Waals surface area (Å²) in [5.41, 5.74) is 0. The minimum atomic E-state index is -0.973. The third-order valence-corrected chi connectivity index (χ3v) is 5.72. The minimum Gasteiger partial charge on any atom is -0.394 e. The van der Waals surface area contributed by atoms with Gasteiger partial charge in [0.2, 0.25) is 0 Å². The van der Waals surface area contributed by atoms with Crippen molar-refractivity contribution in [2.45, 2.75) is 121 Å². The summed E-state index contributed by atoms with van der Waals surface area (Å²) < 4.78 is 10.8. The highest BCUT2D eigenvalue weighted by Crippen LogP contribution is 2.19. The lowest BCUT2D eigenvalue weighted by Crippen LogP contribution is -2.55. The average molecular weight is 415 g/mol. The van der Waals surface area contributed by atoms with E-state index in [1.807, 2.05) is 0 Å². The normalized spacial score (nSPS) is 25.1. The van der Waals surface area contributed by atoms with E-state index in [1.165, 1.54) is 77.0 Å². The van der Waals surface area contributed by atoms with Gasteiger partial charge in [0.25, 0.3) is 0 Å². The molecular formula is C24H46O5. The number of unbranched alkanes of at least 4 members (excludes halogenated alkanes) is 12. The Balaban J connectivity index is 1.86. The van der Waals surface area contributed by atoms with Crippen LogP contribution in [0.3, 0.4) is 0 Å². The molecule has 3 N–H and O–H groups in total. The molecule has 0 spiro atoms. The predicted octanol–water partition coefficient (Wildman–Crippen LogP) is 4.52. The molecule has 1 aliphatic heterocycles. The van der Waals surface area contributed by atoms with E-state index in [1.54, 1.807) is 0 Å². The van der Waals surface area contributed by atoms with Crippen molar-refractivity contribution in [1.82, 2.24) is 0 Å². The highest BCUT2D eigenvalue weighted by atomic mass is 16.6. The summed E-state index contributed by atoms with van der Waals surface area (Å²) >= 11 is 0. The van der Waals surface area contributed by atoms with E-state index < -0.39 is 24.4 Å². The van der Waals surface area contributed by atoms with Gasteiger partial charge in [-0.3, -0.25) is 0 Å². The van der Waals surface area contributed by atoms with Crippen LogP contribution >= 0.6 is 0 Å². The first kappa shape index (κ1) is 26.6. The Hall–Kier alpha value is -0.460.